The second kappa shape index (κ2) is 7.30. The lowest BCUT2D eigenvalue weighted by atomic mass is 10.1. The Bertz CT molecular complexity index is 636. The van der Waals surface area contributed by atoms with Crippen LogP contribution in [0.15, 0.2) is 42.5 Å². The first-order chi connectivity index (χ1) is 10.5. The minimum absolute atomic E-state index is 0.0446. The van der Waals surface area contributed by atoms with Gasteiger partial charge in [0.15, 0.2) is 6.10 Å². The van der Waals surface area contributed by atoms with Gasteiger partial charge in [0.1, 0.15) is 5.75 Å². The lowest BCUT2D eigenvalue weighted by Crippen LogP contribution is -2.44. The monoisotopic (exact) mass is 299 g/mol. The molecule has 0 radical (unpaired) electrons. The van der Waals surface area contributed by atoms with E-state index in [1.807, 2.05) is 50.2 Å². The third-order valence-electron chi connectivity index (χ3n) is 4.03. The molecule has 0 aliphatic heterocycles. The lowest BCUT2D eigenvalue weighted by molar-refractivity contribution is -0.129. The van der Waals surface area contributed by atoms with Crippen molar-refractivity contribution in [2.24, 2.45) is 5.92 Å². The molecule has 0 aliphatic rings. The predicted octanol–water partition coefficient (Wildman–Crippen LogP) is 4.16. The molecule has 2 aromatic carbocycles. The van der Waals surface area contributed by atoms with Gasteiger partial charge in [0.05, 0.1) is 0 Å². The summed E-state index contributed by atoms with van der Waals surface area (Å²) in [6, 6.07) is 14.2. The normalized spacial score (nSPS) is 13.9. The Morgan fingerprint density at radius 2 is 1.77 bits per heavy atom. The van der Waals surface area contributed by atoms with Gasteiger partial charge in [-0.1, -0.05) is 51.1 Å². The molecule has 2 aromatic rings. The molecule has 0 saturated heterocycles. The van der Waals surface area contributed by atoms with E-state index < -0.39 is 6.10 Å². The summed E-state index contributed by atoms with van der Waals surface area (Å²) in [4.78, 5) is 12.3. The molecule has 3 nitrogen and oxygen atoms in total. The van der Waals surface area contributed by atoms with Crippen molar-refractivity contribution in [2.45, 2.75) is 46.3 Å². The SMILES string of the molecule is CCC(Oc1ccc2ccccc2c1)C(=O)NC(C)C(C)C. The summed E-state index contributed by atoms with van der Waals surface area (Å²) in [6.45, 7) is 8.17. The van der Waals surface area contributed by atoms with Crippen LogP contribution in [-0.4, -0.2) is 18.1 Å². The van der Waals surface area contributed by atoms with Gasteiger partial charge in [-0.2, -0.15) is 0 Å². The number of rotatable bonds is 6. The summed E-state index contributed by atoms with van der Waals surface area (Å²) >= 11 is 0. The maximum atomic E-state index is 12.3. The Kier molecular flexibility index (Phi) is 5.42. The quantitative estimate of drug-likeness (QED) is 0.870. The largest absolute Gasteiger partial charge is 0.481 e. The van der Waals surface area contributed by atoms with Crippen LogP contribution in [0.5, 0.6) is 5.75 Å². The van der Waals surface area contributed by atoms with E-state index in [-0.39, 0.29) is 11.9 Å². The fraction of sp³-hybridized carbons (Fsp3) is 0.421. The topological polar surface area (TPSA) is 38.3 Å². The van der Waals surface area contributed by atoms with Gasteiger partial charge in [0, 0.05) is 6.04 Å². The van der Waals surface area contributed by atoms with Crippen LogP contribution < -0.4 is 10.1 Å². The Balaban J connectivity index is 2.09. The highest BCUT2D eigenvalue weighted by molar-refractivity contribution is 5.84. The summed E-state index contributed by atoms with van der Waals surface area (Å²) in [7, 11) is 0. The molecule has 0 saturated carbocycles. The second-order valence-electron chi connectivity index (χ2n) is 6.06. The van der Waals surface area contributed by atoms with E-state index in [1.54, 1.807) is 0 Å². The summed E-state index contributed by atoms with van der Waals surface area (Å²) < 4.78 is 5.90. The van der Waals surface area contributed by atoms with Gasteiger partial charge in [-0.15, -0.1) is 0 Å². The summed E-state index contributed by atoms with van der Waals surface area (Å²) in [5, 5.41) is 5.31. The van der Waals surface area contributed by atoms with Crippen LogP contribution in [0.3, 0.4) is 0 Å². The van der Waals surface area contributed by atoms with Crippen LogP contribution in [0.4, 0.5) is 0 Å². The van der Waals surface area contributed by atoms with E-state index in [0.717, 1.165) is 11.1 Å². The van der Waals surface area contributed by atoms with Gasteiger partial charge in [0.2, 0.25) is 0 Å². The molecule has 0 aliphatic carbocycles. The van der Waals surface area contributed by atoms with Crippen molar-refractivity contribution >= 4 is 16.7 Å². The summed E-state index contributed by atoms with van der Waals surface area (Å²) in [5.41, 5.74) is 0. The van der Waals surface area contributed by atoms with Gasteiger partial charge in [-0.3, -0.25) is 4.79 Å². The van der Waals surface area contributed by atoms with E-state index in [2.05, 4.69) is 25.2 Å². The zero-order valence-electron chi connectivity index (χ0n) is 13.8. The van der Waals surface area contributed by atoms with Gasteiger partial charge in [-0.25, -0.2) is 0 Å². The average Bonchev–Trinajstić information content (AvgIpc) is 2.52. The average molecular weight is 299 g/mol. The van der Waals surface area contributed by atoms with Crippen LogP contribution in [0.25, 0.3) is 10.8 Å². The molecule has 2 rings (SSSR count). The molecule has 1 amide bonds. The number of amides is 1. The van der Waals surface area contributed by atoms with Gasteiger partial charge in [0.25, 0.3) is 5.91 Å². The number of nitrogens with one attached hydrogen (secondary N) is 1. The molecule has 0 bridgehead atoms. The van der Waals surface area contributed by atoms with Crippen LogP contribution >= 0.6 is 0 Å². The number of hydrogen-bond acceptors (Lipinski definition) is 2. The Morgan fingerprint density at radius 1 is 1.09 bits per heavy atom. The molecule has 0 heterocycles. The molecule has 2 unspecified atom stereocenters. The van der Waals surface area contributed by atoms with E-state index in [9.17, 15) is 4.79 Å². The first-order valence-electron chi connectivity index (χ1n) is 7.97. The Hall–Kier alpha value is -2.03. The fourth-order valence-corrected chi connectivity index (χ4v) is 2.21. The number of ether oxygens (including phenoxy) is 1. The van der Waals surface area contributed by atoms with Gasteiger partial charge in [-0.05, 0) is 42.2 Å². The number of carbonyl (C=O) groups excluding carboxylic acids is 1. The van der Waals surface area contributed by atoms with Crippen LogP contribution in [0.1, 0.15) is 34.1 Å². The maximum absolute atomic E-state index is 12.3. The van der Waals surface area contributed by atoms with Crippen molar-refractivity contribution in [3.05, 3.63) is 42.5 Å². The van der Waals surface area contributed by atoms with Crippen molar-refractivity contribution in [3.63, 3.8) is 0 Å². The lowest BCUT2D eigenvalue weighted by Gasteiger charge is -2.22. The molecule has 118 valence electrons. The van der Waals surface area contributed by atoms with E-state index in [1.165, 1.54) is 5.39 Å². The van der Waals surface area contributed by atoms with E-state index in [4.69, 9.17) is 4.74 Å². The van der Waals surface area contributed by atoms with Gasteiger partial charge >= 0.3 is 0 Å². The van der Waals surface area contributed by atoms with Crippen molar-refractivity contribution in [1.82, 2.24) is 5.32 Å². The molecule has 3 heteroatoms. The number of benzene rings is 2. The van der Waals surface area contributed by atoms with Crippen LogP contribution in [0, 0.1) is 5.92 Å². The van der Waals surface area contributed by atoms with E-state index in [0.29, 0.717) is 12.3 Å². The maximum Gasteiger partial charge on any atom is 0.261 e. The first kappa shape index (κ1) is 16.3. The number of hydrogen-bond donors (Lipinski definition) is 1. The highest BCUT2D eigenvalue weighted by atomic mass is 16.5. The second-order valence-corrected chi connectivity index (χ2v) is 6.06. The molecule has 0 fully saturated rings. The van der Waals surface area contributed by atoms with E-state index >= 15 is 0 Å². The Morgan fingerprint density at radius 3 is 2.41 bits per heavy atom. The highest BCUT2D eigenvalue weighted by Crippen LogP contribution is 2.22. The fourth-order valence-electron chi connectivity index (χ4n) is 2.21. The van der Waals surface area contributed by atoms with Crippen LogP contribution in [-0.2, 0) is 4.79 Å². The van der Waals surface area contributed by atoms with Crippen molar-refractivity contribution in [2.75, 3.05) is 0 Å². The summed E-state index contributed by atoms with van der Waals surface area (Å²) in [5.74, 6) is 1.09. The van der Waals surface area contributed by atoms with Crippen molar-refractivity contribution in [3.8, 4) is 5.75 Å². The molecular formula is C19H25NO2. The standard InChI is InChI=1S/C19H25NO2/c1-5-18(19(21)20-14(4)13(2)3)22-17-11-10-15-8-6-7-9-16(15)12-17/h6-14,18H,5H2,1-4H3,(H,20,21). The summed E-state index contributed by atoms with van der Waals surface area (Å²) in [6.07, 6.45) is 0.186. The van der Waals surface area contributed by atoms with Crippen molar-refractivity contribution < 1.29 is 9.53 Å². The van der Waals surface area contributed by atoms with Crippen molar-refractivity contribution in [1.29, 1.82) is 0 Å². The molecule has 0 spiro atoms. The zero-order chi connectivity index (χ0) is 16.1. The number of carbonyl (C=O) groups is 1. The minimum atomic E-state index is -0.456. The predicted molar refractivity (Wildman–Crippen MR) is 91.1 cm³/mol. The molecule has 1 N–H and O–H groups in total. The molecule has 2 atom stereocenters. The van der Waals surface area contributed by atoms with Gasteiger partial charge < -0.3 is 10.1 Å². The number of fused-ring (bicyclic) bond motifs is 1. The minimum Gasteiger partial charge on any atom is -0.481 e. The third-order valence-corrected chi connectivity index (χ3v) is 4.03. The van der Waals surface area contributed by atoms with Crippen LogP contribution in [0.2, 0.25) is 0 Å². The first-order valence-corrected chi connectivity index (χ1v) is 7.97. The molecular weight excluding hydrogens is 274 g/mol. The zero-order valence-corrected chi connectivity index (χ0v) is 13.8. The molecule has 22 heavy (non-hydrogen) atoms. The highest BCUT2D eigenvalue weighted by Gasteiger charge is 2.21. The Labute approximate surface area is 132 Å². The smallest absolute Gasteiger partial charge is 0.261 e. The third kappa shape index (κ3) is 4.00. The molecule has 0 aromatic heterocycles.